The van der Waals surface area contributed by atoms with E-state index in [-0.39, 0.29) is 18.4 Å². The molecule has 1 atom stereocenters. The van der Waals surface area contributed by atoms with Crippen LogP contribution in [-0.2, 0) is 22.6 Å². The molecule has 0 aromatic carbocycles. The summed E-state index contributed by atoms with van der Waals surface area (Å²) in [4.78, 5) is 11.2. The summed E-state index contributed by atoms with van der Waals surface area (Å²) in [7, 11) is 1.55. The lowest BCUT2D eigenvalue weighted by Gasteiger charge is -2.11. The molecule has 1 amide bonds. The van der Waals surface area contributed by atoms with Crippen LogP contribution < -0.4 is 5.73 Å². The lowest BCUT2D eigenvalue weighted by molar-refractivity contribution is 0.0894. The van der Waals surface area contributed by atoms with Gasteiger partial charge in [-0.15, -0.1) is 5.10 Å². The number of amides is 1. The number of nitrogens with zero attached hydrogens (tertiary/aromatic N) is 3. The first kappa shape index (κ1) is 12.0. The summed E-state index contributed by atoms with van der Waals surface area (Å²) in [5.41, 5.74) is 6.00. The van der Waals surface area contributed by atoms with Gasteiger partial charge in [0, 0.05) is 13.7 Å². The molecule has 0 radical (unpaired) electrons. The number of hydrogen-bond donors (Lipinski definition) is 1. The third-order valence-corrected chi connectivity index (χ3v) is 2.75. The van der Waals surface area contributed by atoms with Crippen LogP contribution in [0.2, 0.25) is 0 Å². The fourth-order valence-electron chi connectivity index (χ4n) is 1.93. The van der Waals surface area contributed by atoms with Crippen LogP contribution in [0.15, 0.2) is 0 Å². The Labute approximate surface area is 98.9 Å². The molecule has 0 bridgehead atoms. The number of aromatic nitrogens is 3. The topological polar surface area (TPSA) is 92.3 Å². The zero-order valence-corrected chi connectivity index (χ0v) is 9.76. The molecule has 1 aliphatic rings. The number of nitrogens with two attached hydrogens (primary N) is 1. The quantitative estimate of drug-likeness (QED) is 0.763. The average molecular weight is 240 g/mol. The summed E-state index contributed by atoms with van der Waals surface area (Å²) < 4.78 is 12.2. The highest BCUT2D eigenvalue weighted by Crippen LogP contribution is 2.15. The zero-order chi connectivity index (χ0) is 12.3. The number of carbonyl (C=O) groups is 1. The fraction of sp³-hybridized carbons (Fsp3) is 0.700. The van der Waals surface area contributed by atoms with E-state index in [1.165, 1.54) is 0 Å². The van der Waals surface area contributed by atoms with E-state index in [0.29, 0.717) is 12.2 Å². The van der Waals surface area contributed by atoms with Crippen LogP contribution in [-0.4, -0.2) is 40.7 Å². The van der Waals surface area contributed by atoms with Crippen LogP contribution in [0.1, 0.15) is 29.0 Å². The largest absolute Gasteiger partial charge is 0.378 e. The summed E-state index contributed by atoms with van der Waals surface area (Å²) in [6, 6.07) is 0. The minimum absolute atomic E-state index is 0.132. The second kappa shape index (κ2) is 5.24. The maximum atomic E-state index is 11.2. The van der Waals surface area contributed by atoms with Gasteiger partial charge in [-0.3, -0.25) is 4.79 Å². The smallest absolute Gasteiger partial charge is 0.271 e. The van der Waals surface area contributed by atoms with Gasteiger partial charge in [0.1, 0.15) is 0 Å². The molecule has 2 heterocycles. The highest BCUT2D eigenvalue weighted by atomic mass is 16.5. The van der Waals surface area contributed by atoms with Gasteiger partial charge < -0.3 is 15.2 Å². The summed E-state index contributed by atoms with van der Waals surface area (Å²) in [6.07, 6.45) is 2.19. The molecule has 17 heavy (non-hydrogen) atoms. The van der Waals surface area contributed by atoms with E-state index in [2.05, 4.69) is 10.3 Å². The third-order valence-electron chi connectivity index (χ3n) is 2.75. The number of carbonyl (C=O) groups excluding carboxylic acids is 1. The molecule has 1 aliphatic heterocycles. The van der Waals surface area contributed by atoms with E-state index < -0.39 is 5.91 Å². The summed E-state index contributed by atoms with van der Waals surface area (Å²) in [5.74, 6) is -0.587. The Hall–Kier alpha value is -1.47. The third kappa shape index (κ3) is 2.62. The zero-order valence-electron chi connectivity index (χ0n) is 9.76. The van der Waals surface area contributed by atoms with Gasteiger partial charge >= 0.3 is 0 Å². The van der Waals surface area contributed by atoms with Crippen molar-refractivity contribution < 1.29 is 14.3 Å². The Bertz CT molecular complexity index is 398. The molecular formula is C10H16N4O3. The Morgan fingerprint density at radius 3 is 3.12 bits per heavy atom. The Morgan fingerprint density at radius 1 is 1.71 bits per heavy atom. The highest BCUT2D eigenvalue weighted by molar-refractivity contribution is 5.91. The van der Waals surface area contributed by atoms with Gasteiger partial charge in [-0.1, -0.05) is 5.21 Å². The molecule has 2 N–H and O–H groups in total. The van der Waals surface area contributed by atoms with Gasteiger partial charge in [0.2, 0.25) is 0 Å². The number of primary amides is 1. The lowest BCUT2D eigenvalue weighted by atomic mass is 10.2. The highest BCUT2D eigenvalue weighted by Gasteiger charge is 2.22. The first-order valence-electron chi connectivity index (χ1n) is 5.55. The van der Waals surface area contributed by atoms with E-state index in [1.807, 2.05) is 0 Å². The van der Waals surface area contributed by atoms with Crippen molar-refractivity contribution in [2.45, 2.75) is 32.1 Å². The predicted octanol–water partition coefficient (Wildman–Crippen LogP) is -0.298. The fourth-order valence-corrected chi connectivity index (χ4v) is 1.93. The SMILES string of the molecule is COCc1c(C(N)=O)nnn1CC1CCCO1. The van der Waals surface area contributed by atoms with Gasteiger partial charge in [-0.2, -0.15) is 0 Å². The van der Waals surface area contributed by atoms with E-state index in [1.54, 1.807) is 11.8 Å². The van der Waals surface area contributed by atoms with E-state index in [9.17, 15) is 4.79 Å². The minimum Gasteiger partial charge on any atom is -0.378 e. The molecule has 1 fully saturated rings. The van der Waals surface area contributed by atoms with Crippen LogP contribution in [0.25, 0.3) is 0 Å². The van der Waals surface area contributed by atoms with Crippen molar-refractivity contribution in [1.29, 1.82) is 0 Å². The molecule has 7 nitrogen and oxygen atoms in total. The monoisotopic (exact) mass is 240 g/mol. The summed E-state index contributed by atoms with van der Waals surface area (Å²) in [6.45, 7) is 1.62. The van der Waals surface area contributed by atoms with Crippen molar-refractivity contribution in [2.75, 3.05) is 13.7 Å². The number of rotatable bonds is 5. The van der Waals surface area contributed by atoms with Gasteiger partial charge in [0.15, 0.2) is 5.69 Å². The molecular weight excluding hydrogens is 224 g/mol. The number of methoxy groups -OCH3 is 1. The first-order valence-corrected chi connectivity index (χ1v) is 5.55. The number of ether oxygens (including phenoxy) is 2. The van der Waals surface area contributed by atoms with Crippen molar-refractivity contribution in [2.24, 2.45) is 5.73 Å². The maximum Gasteiger partial charge on any atom is 0.271 e. The molecule has 94 valence electrons. The molecule has 0 aliphatic carbocycles. The molecule has 1 saturated heterocycles. The van der Waals surface area contributed by atoms with Crippen molar-refractivity contribution in [3.8, 4) is 0 Å². The molecule has 0 saturated carbocycles. The normalized spacial score (nSPS) is 19.7. The molecule has 0 spiro atoms. The van der Waals surface area contributed by atoms with Gasteiger partial charge in [0.05, 0.1) is 24.9 Å². The van der Waals surface area contributed by atoms with E-state index in [0.717, 1.165) is 19.4 Å². The molecule has 1 aromatic heterocycles. The van der Waals surface area contributed by atoms with Crippen LogP contribution >= 0.6 is 0 Å². The van der Waals surface area contributed by atoms with Crippen LogP contribution in [0.5, 0.6) is 0 Å². The predicted molar refractivity (Wildman–Crippen MR) is 58.2 cm³/mol. The van der Waals surface area contributed by atoms with Crippen molar-refractivity contribution in [3.63, 3.8) is 0 Å². The van der Waals surface area contributed by atoms with Crippen LogP contribution in [0, 0.1) is 0 Å². The minimum atomic E-state index is -0.587. The van der Waals surface area contributed by atoms with Gasteiger partial charge in [-0.25, -0.2) is 4.68 Å². The Balaban J connectivity index is 2.17. The second-order valence-electron chi connectivity index (χ2n) is 4.00. The van der Waals surface area contributed by atoms with Crippen LogP contribution in [0.4, 0.5) is 0 Å². The lowest BCUT2D eigenvalue weighted by Crippen LogP contribution is -2.20. The number of hydrogen-bond acceptors (Lipinski definition) is 5. The van der Waals surface area contributed by atoms with Gasteiger partial charge in [-0.05, 0) is 12.8 Å². The summed E-state index contributed by atoms with van der Waals surface area (Å²) in [5, 5.41) is 7.70. The first-order chi connectivity index (χ1) is 8.22. The van der Waals surface area contributed by atoms with E-state index in [4.69, 9.17) is 15.2 Å². The van der Waals surface area contributed by atoms with E-state index >= 15 is 0 Å². The Morgan fingerprint density at radius 2 is 2.53 bits per heavy atom. The van der Waals surface area contributed by atoms with Crippen LogP contribution in [0.3, 0.4) is 0 Å². The Kier molecular flexibility index (Phi) is 3.70. The maximum absolute atomic E-state index is 11.2. The second-order valence-corrected chi connectivity index (χ2v) is 4.00. The summed E-state index contributed by atoms with van der Waals surface area (Å²) >= 11 is 0. The molecule has 1 aromatic rings. The standard InChI is InChI=1S/C10H16N4O3/c1-16-6-8-9(10(11)15)12-13-14(8)5-7-3-2-4-17-7/h7H,2-6H2,1H3,(H2,11,15). The van der Waals surface area contributed by atoms with Gasteiger partial charge in [0.25, 0.3) is 5.91 Å². The van der Waals surface area contributed by atoms with Crippen molar-refractivity contribution in [3.05, 3.63) is 11.4 Å². The van der Waals surface area contributed by atoms with Crippen molar-refractivity contribution >= 4 is 5.91 Å². The molecule has 2 rings (SSSR count). The molecule has 1 unspecified atom stereocenters. The average Bonchev–Trinajstić information content (AvgIpc) is 2.90. The van der Waals surface area contributed by atoms with Crippen molar-refractivity contribution in [1.82, 2.24) is 15.0 Å². The molecule has 7 heteroatoms.